The van der Waals surface area contributed by atoms with Crippen molar-refractivity contribution in [1.82, 2.24) is 0 Å². The Balaban J connectivity index is -0.0000000183. The van der Waals surface area contributed by atoms with Crippen LogP contribution in [0.3, 0.4) is 0 Å². The molecule has 0 rings (SSSR count). The Kier molecular flexibility index (Phi) is 78.7. The van der Waals surface area contributed by atoms with E-state index in [1.807, 2.05) is 13.8 Å². The molecule has 3 heteroatoms. The van der Waals surface area contributed by atoms with Gasteiger partial charge in [-0.2, -0.15) is 0 Å². The van der Waals surface area contributed by atoms with Crippen LogP contribution in [0, 0.1) is 18.4 Å². The van der Waals surface area contributed by atoms with E-state index in [2.05, 4.69) is 0 Å². The van der Waals surface area contributed by atoms with Gasteiger partial charge < -0.3 is 18.4 Å². The second kappa shape index (κ2) is 26.4. The van der Waals surface area contributed by atoms with Gasteiger partial charge in [-0.15, -0.1) is 0 Å². The Labute approximate surface area is 73.8 Å². The molecule has 0 saturated carbocycles. The van der Waals surface area contributed by atoms with Crippen molar-refractivity contribution in [1.29, 1.82) is 5.26 Å². The van der Waals surface area contributed by atoms with Gasteiger partial charge in [-0.25, -0.2) is 0 Å². The number of allylic oxidation sites excluding steroid dienone is 1. The molecule has 0 aliphatic carbocycles. The zero-order valence-corrected chi connectivity index (χ0v) is 6.27. The van der Waals surface area contributed by atoms with Crippen molar-refractivity contribution in [3.8, 4) is 0 Å². The molecule has 0 aromatic carbocycles. The molecule has 1 nitrogen and oxygen atoms in total. The zero-order valence-electron chi connectivity index (χ0n) is 5.33. The van der Waals surface area contributed by atoms with Crippen molar-refractivity contribution in [3.63, 3.8) is 0 Å². The Morgan fingerprint density at radius 2 is 1.38 bits per heavy atom. The number of hydrogen-bond acceptors (Lipinski definition) is 1. The summed E-state index contributed by atoms with van der Waals surface area (Å²) in [6, 6.07) is 0. The van der Waals surface area contributed by atoms with Gasteiger partial charge in [0.05, 0.1) is 0 Å². The third kappa shape index (κ3) is 1510. The molecule has 0 atom stereocenters. The Morgan fingerprint density at radius 1 is 1.38 bits per heavy atom. The molecule has 0 heterocycles. The van der Waals surface area contributed by atoms with Crippen LogP contribution in [-0.2, 0) is 17.1 Å². The molecule has 0 aliphatic heterocycles. The fraction of sp³-hybridized carbons (Fsp3) is 0.400. The quantitative estimate of drug-likeness (QED) is 0.305. The van der Waals surface area contributed by atoms with Gasteiger partial charge in [-0.05, 0) is 0 Å². The van der Waals surface area contributed by atoms with Crippen molar-refractivity contribution in [3.05, 3.63) is 18.7 Å². The van der Waals surface area contributed by atoms with E-state index in [-0.39, 0.29) is 35.9 Å². The minimum Gasteiger partial charge on any atom is -0.515 e. The maximum atomic E-state index is 6.25. The normalized spacial score (nSPS) is 3.50. The molecule has 44 valence electrons. The predicted octanol–water partition coefficient (Wildman–Crippen LogP) is -1.52. The topological polar surface area (TPSA) is 23.8 Å². The first kappa shape index (κ1) is 23.8. The molecule has 0 radical (unpaired) electrons. The predicted molar refractivity (Wildman–Crippen MR) is 24.1 cm³/mol. The van der Waals surface area contributed by atoms with Crippen LogP contribution in [0.15, 0.2) is 5.57 Å². The SMILES string of the molecule is [C-]#N.[CH-]=C(C)C.[Cu+].[Li+]. The van der Waals surface area contributed by atoms with Gasteiger partial charge in [-0.3, -0.25) is 5.57 Å². The van der Waals surface area contributed by atoms with Crippen molar-refractivity contribution in [2.45, 2.75) is 13.8 Å². The van der Waals surface area contributed by atoms with E-state index in [9.17, 15) is 0 Å². The fourth-order valence-electron chi connectivity index (χ4n) is 0. The van der Waals surface area contributed by atoms with Crippen LogP contribution < -0.4 is 18.9 Å². The second-order valence-corrected chi connectivity index (χ2v) is 1.08. The molecule has 0 spiro atoms. The minimum atomic E-state index is 0. The van der Waals surface area contributed by atoms with Crippen LogP contribution in [0.4, 0.5) is 0 Å². The molecule has 8 heavy (non-hydrogen) atoms. The second-order valence-electron chi connectivity index (χ2n) is 1.08. The summed E-state index contributed by atoms with van der Waals surface area (Å²) in [7, 11) is 0. The van der Waals surface area contributed by atoms with Gasteiger partial charge in [0, 0.05) is 0 Å². The number of hydrogen-bond donors (Lipinski definition) is 0. The summed E-state index contributed by atoms with van der Waals surface area (Å²) in [4.78, 5) is 0. The van der Waals surface area contributed by atoms with Crippen molar-refractivity contribution < 1.29 is 35.9 Å². The third-order valence-electron chi connectivity index (χ3n) is 0. The van der Waals surface area contributed by atoms with Crippen molar-refractivity contribution in [2.24, 2.45) is 0 Å². The van der Waals surface area contributed by atoms with Gasteiger partial charge in [0.25, 0.3) is 0 Å². The molecular formula is C5H7CuLiN. The van der Waals surface area contributed by atoms with Crippen LogP contribution in [0.1, 0.15) is 13.8 Å². The van der Waals surface area contributed by atoms with Crippen LogP contribution in [0.5, 0.6) is 0 Å². The molecule has 0 aliphatic rings. The van der Waals surface area contributed by atoms with Crippen molar-refractivity contribution in [2.75, 3.05) is 0 Å². The molecule has 0 amide bonds. The molecule has 0 aromatic rings. The average Bonchev–Trinajstić information content (AvgIpc) is 1.41. The summed E-state index contributed by atoms with van der Waals surface area (Å²) in [6.07, 6.45) is 0. The van der Waals surface area contributed by atoms with Crippen LogP contribution in [0.25, 0.3) is 0 Å². The van der Waals surface area contributed by atoms with Crippen LogP contribution in [0.2, 0.25) is 0 Å². The number of nitrogens with zero attached hydrogens (tertiary/aromatic N) is 1. The Hall–Kier alpha value is 0.347. The van der Waals surface area contributed by atoms with Gasteiger partial charge in [0.1, 0.15) is 0 Å². The molecule has 0 saturated heterocycles. The Bertz CT molecular complexity index is 56.7. The zero-order chi connectivity index (χ0) is 5.58. The largest absolute Gasteiger partial charge is 1.00 e. The standard InChI is InChI=1S/C4H7.CN.Cu.Li/c1-4(2)3;1-2;;/h1H,2-3H3;;;/q2*-1;2*+1. The minimum absolute atomic E-state index is 0. The van der Waals surface area contributed by atoms with Crippen molar-refractivity contribution >= 4 is 0 Å². The number of rotatable bonds is 0. The molecule has 0 fully saturated rings. The maximum Gasteiger partial charge on any atom is 1.00 e. The summed E-state index contributed by atoms with van der Waals surface area (Å²) < 4.78 is 0. The molecule has 0 aromatic heterocycles. The van der Waals surface area contributed by atoms with E-state index in [1.54, 1.807) is 0 Å². The Morgan fingerprint density at radius 3 is 1.38 bits per heavy atom. The van der Waals surface area contributed by atoms with E-state index < -0.39 is 0 Å². The van der Waals surface area contributed by atoms with E-state index in [0.717, 1.165) is 5.57 Å². The smallest absolute Gasteiger partial charge is 0.515 e. The molecular weight excluding hydrogens is 145 g/mol. The molecule has 0 N–H and O–H groups in total. The monoisotopic (exact) mass is 151 g/mol. The van der Waals surface area contributed by atoms with E-state index >= 15 is 0 Å². The summed E-state index contributed by atoms with van der Waals surface area (Å²) in [5.41, 5.74) is 0.917. The van der Waals surface area contributed by atoms with E-state index in [0.29, 0.717) is 0 Å². The van der Waals surface area contributed by atoms with Gasteiger partial charge in [0.2, 0.25) is 0 Å². The van der Waals surface area contributed by atoms with Gasteiger partial charge in [-0.1, -0.05) is 13.8 Å². The first-order valence-corrected chi connectivity index (χ1v) is 1.51. The third-order valence-corrected chi connectivity index (χ3v) is 0. The first-order chi connectivity index (χ1) is 2.73. The molecule has 0 unspecified atom stereocenters. The van der Waals surface area contributed by atoms with Gasteiger partial charge >= 0.3 is 35.9 Å². The molecule has 0 bridgehead atoms. The van der Waals surface area contributed by atoms with E-state index in [4.69, 9.17) is 18.4 Å². The van der Waals surface area contributed by atoms with Crippen LogP contribution in [-0.4, -0.2) is 0 Å². The average molecular weight is 152 g/mol. The first-order valence-electron chi connectivity index (χ1n) is 1.51. The summed E-state index contributed by atoms with van der Waals surface area (Å²) in [6.45, 7) is 13.5. The fourth-order valence-corrected chi connectivity index (χ4v) is 0. The summed E-state index contributed by atoms with van der Waals surface area (Å²) in [5, 5.41) is 6.25. The summed E-state index contributed by atoms with van der Waals surface area (Å²) >= 11 is 0. The summed E-state index contributed by atoms with van der Waals surface area (Å²) in [5.74, 6) is 0. The maximum absolute atomic E-state index is 6.25. The van der Waals surface area contributed by atoms with Gasteiger partial charge in [0.15, 0.2) is 0 Å². The van der Waals surface area contributed by atoms with Crippen LogP contribution >= 0.6 is 0 Å². The van der Waals surface area contributed by atoms with E-state index in [1.165, 1.54) is 0 Å².